The van der Waals surface area contributed by atoms with E-state index in [2.05, 4.69) is 15.3 Å². The van der Waals surface area contributed by atoms with E-state index >= 15 is 0 Å². The van der Waals surface area contributed by atoms with Crippen molar-refractivity contribution in [3.8, 4) is 17.4 Å². The Morgan fingerprint density at radius 1 is 1.10 bits per heavy atom. The van der Waals surface area contributed by atoms with Crippen LogP contribution < -0.4 is 14.8 Å². The van der Waals surface area contributed by atoms with E-state index in [1.54, 1.807) is 31.5 Å². The Bertz CT molecular complexity index is 1020. The molecule has 1 heterocycles. The average molecular weight is 391 g/mol. The van der Waals surface area contributed by atoms with Gasteiger partial charge in [0.25, 0.3) is 5.91 Å². The first-order chi connectivity index (χ1) is 14.0. The van der Waals surface area contributed by atoms with E-state index in [9.17, 15) is 4.79 Å². The van der Waals surface area contributed by atoms with Gasteiger partial charge in [-0.2, -0.15) is 4.98 Å². The molecule has 3 aromatic rings. The Balaban J connectivity index is 1.84. The predicted molar refractivity (Wildman–Crippen MR) is 113 cm³/mol. The van der Waals surface area contributed by atoms with E-state index in [4.69, 9.17) is 9.47 Å². The van der Waals surface area contributed by atoms with Crippen molar-refractivity contribution >= 4 is 11.6 Å². The lowest BCUT2D eigenvalue weighted by Gasteiger charge is -2.14. The fourth-order valence-corrected chi connectivity index (χ4v) is 2.97. The first-order valence-corrected chi connectivity index (χ1v) is 9.63. The number of hydrogen-bond acceptors (Lipinski definition) is 5. The molecule has 1 N–H and O–H groups in total. The molecule has 0 unspecified atom stereocenters. The SMILES string of the molecule is CCc1nccc(Oc2cc(C(=O)Nc3cccc(CC)c3OC)ccc2C)n1. The molecule has 2 aromatic carbocycles. The van der Waals surface area contributed by atoms with E-state index in [1.807, 2.05) is 45.0 Å². The van der Waals surface area contributed by atoms with Gasteiger partial charge in [0.2, 0.25) is 5.88 Å². The van der Waals surface area contributed by atoms with Gasteiger partial charge in [0.15, 0.2) is 0 Å². The third kappa shape index (κ3) is 4.71. The predicted octanol–water partition coefficient (Wildman–Crippen LogP) is 4.96. The standard InChI is InChI=1S/C23H25N3O3/c1-5-16-8-7-9-18(22(16)28-4)25-23(27)17-11-10-15(3)19(14-17)29-21-12-13-24-20(6-2)26-21/h7-14H,5-6H2,1-4H3,(H,25,27). The van der Waals surface area contributed by atoms with Gasteiger partial charge in [-0.25, -0.2) is 4.98 Å². The van der Waals surface area contributed by atoms with Gasteiger partial charge in [-0.05, 0) is 42.7 Å². The van der Waals surface area contributed by atoms with Gasteiger partial charge in [-0.3, -0.25) is 4.79 Å². The summed E-state index contributed by atoms with van der Waals surface area (Å²) in [5.74, 6) is 2.18. The summed E-state index contributed by atoms with van der Waals surface area (Å²) in [7, 11) is 1.61. The van der Waals surface area contributed by atoms with Gasteiger partial charge in [0.1, 0.15) is 17.3 Å². The number of nitrogens with one attached hydrogen (secondary N) is 1. The molecule has 1 amide bonds. The second kappa shape index (κ2) is 9.19. The molecule has 0 fully saturated rings. The van der Waals surface area contributed by atoms with Crippen LogP contribution in [0.3, 0.4) is 0 Å². The van der Waals surface area contributed by atoms with Crippen LogP contribution in [-0.4, -0.2) is 23.0 Å². The highest BCUT2D eigenvalue weighted by Crippen LogP contribution is 2.30. The fraction of sp³-hybridized carbons (Fsp3) is 0.261. The number of rotatable bonds is 7. The Kier molecular flexibility index (Phi) is 6.44. The van der Waals surface area contributed by atoms with Crippen molar-refractivity contribution in [2.45, 2.75) is 33.6 Å². The summed E-state index contributed by atoms with van der Waals surface area (Å²) in [5.41, 5.74) is 3.07. The molecular weight excluding hydrogens is 366 g/mol. The smallest absolute Gasteiger partial charge is 0.255 e. The van der Waals surface area contributed by atoms with Crippen molar-refractivity contribution in [2.75, 3.05) is 12.4 Å². The van der Waals surface area contributed by atoms with Crippen molar-refractivity contribution in [2.24, 2.45) is 0 Å². The van der Waals surface area contributed by atoms with Gasteiger partial charge in [-0.15, -0.1) is 0 Å². The van der Waals surface area contributed by atoms with Crippen molar-refractivity contribution in [1.82, 2.24) is 9.97 Å². The van der Waals surface area contributed by atoms with Crippen LogP contribution in [0.5, 0.6) is 17.4 Å². The zero-order valence-corrected chi connectivity index (χ0v) is 17.2. The molecule has 0 saturated heterocycles. The van der Waals surface area contributed by atoms with Crippen molar-refractivity contribution in [3.05, 3.63) is 71.2 Å². The lowest BCUT2D eigenvalue weighted by Crippen LogP contribution is -2.13. The second-order valence-corrected chi connectivity index (χ2v) is 6.55. The van der Waals surface area contributed by atoms with Gasteiger partial charge in [0.05, 0.1) is 12.8 Å². The van der Waals surface area contributed by atoms with Crippen LogP contribution in [0.15, 0.2) is 48.7 Å². The molecule has 0 aliphatic heterocycles. The molecule has 29 heavy (non-hydrogen) atoms. The molecule has 0 bridgehead atoms. The minimum atomic E-state index is -0.238. The van der Waals surface area contributed by atoms with Crippen molar-refractivity contribution in [3.63, 3.8) is 0 Å². The molecular formula is C23H25N3O3. The van der Waals surface area contributed by atoms with Crippen LogP contribution in [0, 0.1) is 6.92 Å². The van der Waals surface area contributed by atoms with Gasteiger partial charge < -0.3 is 14.8 Å². The van der Waals surface area contributed by atoms with E-state index in [0.29, 0.717) is 34.5 Å². The molecule has 0 spiro atoms. The number of methoxy groups -OCH3 is 1. The Morgan fingerprint density at radius 2 is 1.93 bits per heavy atom. The van der Waals surface area contributed by atoms with Crippen LogP contribution >= 0.6 is 0 Å². The van der Waals surface area contributed by atoms with Crippen LogP contribution in [0.25, 0.3) is 0 Å². The zero-order chi connectivity index (χ0) is 20.8. The normalized spacial score (nSPS) is 10.5. The summed E-state index contributed by atoms with van der Waals surface area (Å²) < 4.78 is 11.4. The van der Waals surface area contributed by atoms with E-state index in [-0.39, 0.29) is 5.91 Å². The minimum Gasteiger partial charge on any atom is -0.494 e. The van der Waals surface area contributed by atoms with Crippen molar-refractivity contribution < 1.29 is 14.3 Å². The highest BCUT2D eigenvalue weighted by Gasteiger charge is 2.14. The number of amides is 1. The third-order valence-corrected chi connectivity index (χ3v) is 4.59. The maximum absolute atomic E-state index is 12.9. The van der Waals surface area contributed by atoms with Crippen LogP contribution in [0.1, 0.15) is 41.2 Å². The number of carbonyl (C=O) groups is 1. The number of aromatic nitrogens is 2. The molecule has 150 valence electrons. The molecule has 0 radical (unpaired) electrons. The van der Waals surface area contributed by atoms with Gasteiger partial charge in [0, 0.05) is 24.2 Å². The summed E-state index contributed by atoms with van der Waals surface area (Å²) >= 11 is 0. The molecule has 1 aromatic heterocycles. The molecule has 6 nitrogen and oxygen atoms in total. The third-order valence-electron chi connectivity index (χ3n) is 4.59. The summed E-state index contributed by atoms with van der Waals surface area (Å²) in [6, 6.07) is 12.8. The van der Waals surface area contributed by atoms with Crippen molar-refractivity contribution in [1.29, 1.82) is 0 Å². The van der Waals surface area contributed by atoms with E-state index < -0.39 is 0 Å². The highest BCUT2D eigenvalue weighted by molar-refractivity contribution is 6.05. The molecule has 3 rings (SSSR count). The van der Waals surface area contributed by atoms with E-state index in [0.717, 1.165) is 24.0 Å². The molecule has 0 atom stereocenters. The monoisotopic (exact) mass is 391 g/mol. The van der Waals surface area contributed by atoms with E-state index in [1.165, 1.54) is 0 Å². The number of benzene rings is 2. The van der Waals surface area contributed by atoms with Crippen LogP contribution in [-0.2, 0) is 12.8 Å². The zero-order valence-electron chi connectivity index (χ0n) is 17.2. The van der Waals surface area contributed by atoms with Crippen LogP contribution in [0.4, 0.5) is 5.69 Å². The minimum absolute atomic E-state index is 0.238. The van der Waals surface area contributed by atoms with Gasteiger partial charge in [-0.1, -0.05) is 32.0 Å². The largest absolute Gasteiger partial charge is 0.494 e. The van der Waals surface area contributed by atoms with Gasteiger partial charge >= 0.3 is 0 Å². The maximum Gasteiger partial charge on any atom is 0.255 e. The van der Waals surface area contributed by atoms with Crippen LogP contribution in [0.2, 0.25) is 0 Å². The highest BCUT2D eigenvalue weighted by atomic mass is 16.5. The Hall–Kier alpha value is -3.41. The summed E-state index contributed by atoms with van der Waals surface area (Å²) in [6.45, 7) is 5.95. The number of anilines is 1. The maximum atomic E-state index is 12.9. The second-order valence-electron chi connectivity index (χ2n) is 6.55. The fourth-order valence-electron chi connectivity index (χ4n) is 2.97. The average Bonchev–Trinajstić information content (AvgIpc) is 2.75. The number of hydrogen-bond donors (Lipinski definition) is 1. The first kappa shape index (κ1) is 20.3. The quantitative estimate of drug-likeness (QED) is 0.616. The lowest BCUT2D eigenvalue weighted by atomic mass is 10.1. The molecule has 0 aliphatic rings. The number of nitrogens with zero attached hydrogens (tertiary/aromatic N) is 2. The summed E-state index contributed by atoms with van der Waals surface area (Å²) in [6.07, 6.45) is 3.20. The first-order valence-electron chi connectivity index (χ1n) is 9.63. The number of aryl methyl sites for hydroxylation is 3. The Morgan fingerprint density at radius 3 is 2.66 bits per heavy atom. The summed E-state index contributed by atoms with van der Waals surface area (Å²) in [5, 5.41) is 2.94. The lowest BCUT2D eigenvalue weighted by molar-refractivity contribution is 0.102. The molecule has 0 saturated carbocycles. The number of carbonyl (C=O) groups excluding carboxylic acids is 1. The Labute approximate surface area is 170 Å². The molecule has 0 aliphatic carbocycles. The number of para-hydroxylation sites is 1. The number of ether oxygens (including phenoxy) is 2. The summed E-state index contributed by atoms with van der Waals surface area (Å²) in [4.78, 5) is 21.4. The topological polar surface area (TPSA) is 73.3 Å². The molecule has 6 heteroatoms.